The number of carbonyl (C=O) groups excluding carboxylic acids is 1. The van der Waals surface area contributed by atoms with E-state index in [1.165, 1.54) is 33.0 Å². The zero-order valence-corrected chi connectivity index (χ0v) is 14.5. The predicted molar refractivity (Wildman–Crippen MR) is 92.6 cm³/mol. The van der Waals surface area contributed by atoms with E-state index in [2.05, 4.69) is 4.90 Å². The number of methoxy groups -OCH3 is 1. The van der Waals surface area contributed by atoms with E-state index < -0.39 is 6.29 Å². The molecule has 0 aromatic heterocycles. The number of nitrogens with zero attached hydrogens (tertiary/aromatic N) is 2. The van der Waals surface area contributed by atoms with Crippen molar-refractivity contribution in [3.8, 4) is 0 Å². The predicted octanol–water partition coefficient (Wildman–Crippen LogP) is 2.13. The minimum atomic E-state index is -0.905. The highest BCUT2D eigenvalue weighted by Gasteiger charge is 2.30. The molecule has 2 saturated heterocycles. The van der Waals surface area contributed by atoms with E-state index in [4.69, 9.17) is 4.74 Å². The van der Waals surface area contributed by atoms with Crippen molar-refractivity contribution >= 4 is 5.91 Å². The fraction of sp³-hybridized carbons (Fsp3) is 0.632. The van der Waals surface area contributed by atoms with E-state index >= 15 is 0 Å². The van der Waals surface area contributed by atoms with Gasteiger partial charge in [0.05, 0.1) is 5.92 Å². The van der Waals surface area contributed by atoms with Crippen LogP contribution in [0.25, 0.3) is 0 Å². The van der Waals surface area contributed by atoms with Gasteiger partial charge in [-0.3, -0.25) is 4.79 Å². The summed E-state index contributed by atoms with van der Waals surface area (Å²) in [5.74, 6) is 0.201. The molecule has 2 aliphatic heterocycles. The lowest BCUT2D eigenvalue weighted by molar-refractivity contribution is -0.135. The number of piperidine rings is 1. The standard InChI is InChI=1S/C19H28N2O3/c1-24-19(23)16-8-6-15(7-9-16)17-5-4-12-21(18(17)22)14-13-20-10-2-3-11-20/h6-9,17,19,23H,2-5,10-14H2,1H3. The summed E-state index contributed by atoms with van der Waals surface area (Å²) in [5, 5.41) is 9.70. The van der Waals surface area contributed by atoms with Crippen LogP contribution in [0.15, 0.2) is 24.3 Å². The molecular formula is C19H28N2O3. The highest BCUT2D eigenvalue weighted by atomic mass is 16.6. The van der Waals surface area contributed by atoms with E-state index in [1.54, 1.807) is 0 Å². The molecule has 1 amide bonds. The molecule has 2 unspecified atom stereocenters. The Labute approximate surface area is 144 Å². The van der Waals surface area contributed by atoms with Gasteiger partial charge in [-0.25, -0.2) is 0 Å². The number of aliphatic hydroxyl groups excluding tert-OH is 1. The third-order valence-electron chi connectivity index (χ3n) is 5.26. The van der Waals surface area contributed by atoms with Gasteiger partial charge >= 0.3 is 0 Å². The molecule has 0 spiro atoms. The molecule has 1 aromatic carbocycles. The first-order chi connectivity index (χ1) is 11.7. The van der Waals surface area contributed by atoms with E-state index in [9.17, 15) is 9.90 Å². The number of ether oxygens (including phenoxy) is 1. The zero-order chi connectivity index (χ0) is 16.9. The third kappa shape index (κ3) is 3.97. The van der Waals surface area contributed by atoms with Crippen LogP contribution < -0.4 is 0 Å². The Bertz CT molecular complexity index is 540. The Kier molecular flexibility index (Phi) is 5.87. The molecule has 2 heterocycles. The van der Waals surface area contributed by atoms with Crippen LogP contribution in [0.3, 0.4) is 0 Å². The van der Waals surface area contributed by atoms with Gasteiger partial charge in [0.1, 0.15) is 0 Å². The molecule has 132 valence electrons. The number of hydrogen-bond donors (Lipinski definition) is 1. The lowest BCUT2D eigenvalue weighted by Gasteiger charge is -2.33. The van der Waals surface area contributed by atoms with Gasteiger partial charge in [-0.2, -0.15) is 0 Å². The Balaban J connectivity index is 1.61. The number of hydrogen-bond acceptors (Lipinski definition) is 4. The third-order valence-corrected chi connectivity index (χ3v) is 5.26. The molecule has 24 heavy (non-hydrogen) atoms. The van der Waals surface area contributed by atoms with Crippen molar-refractivity contribution in [3.63, 3.8) is 0 Å². The Hall–Kier alpha value is -1.43. The fourth-order valence-electron chi connectivity index (χ4n) is 3.77. The number of aliphatic hydroxyl groups is 1. The maximum Gasteiger partial charge on any atom is 0.230 e. The van der Waals surface area contributed by atoms with Crippen molar-refractivity contribution in [1.82, 2.24) is 9.80 Å². The summed E-state index contributed by atoms with van der Waals surface area (Å²) in [6.07, 6.45) is 3.63. The SMILES string of the molecule is COC(O)c1ccc(C2CCCN(CCN3CCCC3)C2=O)cc1. The second-order valence-corrected chi connectivity index (χ2v) is 6.82. The number of carbonyl (C=O) groups is 1. The maximum absolute atomic E-state index is 12.8. The minimum Gasteiger partial charge on any atom is -0.364 e. The Morgan fingerprint density at radius 3 is 2.50 bits per heavy atom. The molecule has 3 rings (SSSR count). The van der Waals surface area contributed by atoms with Crippen molar-refractivity contribution in [2.45, 2.75) is 37.9 Å². The molecule has 2 aliphatic rings. The molecular weight excluding hydrogens is 304 g/mol. The number of likely N-dealkylation sites (tertiary alicyclic amines) is 2. The van der Waals surface area contributed by atoms with Crippen molar-refractivity contribution in [2.24, 2.45) is 0 Å². The Morgan fingerprint density at radius 2 is 1.83 bits per heavy atom. The van der Waals surface area contributed by atoms with Gasteiger partial charge in [-0.1, -0.05) is 24.3 Å². The monoisotopic (exact) mass is 332 g/mol. The second-order valence-electron chi connectivity index (χ2n) is 6.82. The lowest BCUT2D eigenvalue weighted by atomic mass is 9.89. The van der Waals surface area contributed by atoms with Crippen LogP contribution in [-0.4, -0.2) is 60.6 Å². The molecule has 0 radical (unpaired) electrons. The van der Waals surface area contributed by atoms with Crippen LogP contribution >= 0.6 is 0 Å². The summed E-state index contributed by atoms with van der Waals surface area (Å²) < 4.78 is 4.92. The number of rotatable bonds is 6. The van der Waals surface area contributed by atoms with Crippen molar-refractivity contribution < 1.29 is 14.6 Å². The van der Waals surface area contributed by atoms with Gasteiger partial charge in [0.2, 0.25) is 5.91 Å². The summed E-state index contributed by atoms with van der Waals surface area (Å²) >= 11 is 0. The summed E-state index contributed by atoms with van der Waals surface area (Å²) in [5.41, 5.74) is 1.76. The van der Waals surface area contributed by atoms with Crippen LogP contribution in [0.2, 0.25) is 0 Å². The summed E-state index contributed by atoms with van der Waals surface area (Å²) in [6, 6.07) is 7.59. The second kappa shape index (κ2) is 8.10. The van der Waals surface area contributed by atoms with Crippen molar-refractivity contribution in [2.75, 3.05) is 39.8 Å². The van der Waals surface area contributed by atoms with E-state index in [0.717, 1.165) is 43.6 Å². The van der Waals surface area contributed by atoms with Crippen LogP contribution in [-0.2, 0) is 9.53 Å². The van der Waals surface area contributed by atoms with Gasteiger partial charge < -0.3 is 19.6 Å². The molecule has 2 fully saturated rings. The highest BCUT2D eigenvalue weighted by Crippen LogP contribution is 2.29. The summed E-state index contributed by atoms with van der Waals surface area (Å²) in [6.45, 7) is 5.07. The van der Waals surface area contributed by atoms with E-state index in [1.807, 2.05) is 29.2 Å². The van der Waals surface area contributed by atoms with Gasteiger partial charge in [0, 0.05) is 32.3 Å². The van der Waals surface area contributed by atoms with E-state index in [0.29, 0.717) is 0 Å². The Morgan fingerprint density at radius 1 is 1.12 bits per heavy atom. The van der Waals surface area contributed by atoms with Crippen LogP contribution in [0, 0.1) is 0 Å². The zero-order valence-electron chi connectivity index (χ0n) is 14.5. The molecule has 5 heteroatoms. The molecule has 2 atom stereocenters. The normalized spacial score (nSPS) is 23.7. The van der Waals surface area contributed by atoms with Crippen LogP contribution in [0.1, 0.15) is 49.0 Å². The largest absolute Gasteiger partial charge is 0.364 e. The molecule has 1 N–H and O–H groups in total. The van der Waals surface area contributed by atoms with Gasteiger partial charge in [0.15, 0.2) is 6.29 Å². The number of amides is 1. The van der Waals surface area contributed by atoms with Gasteiger partial charge in [-0.15, -0.1) is 0 Å². The van der Waals surface area contributed by atoms with Gasteiger partial charge in [-0.05, 0) is 44.3 Å². The first kappa shape index (κ1) is 17.4. The molecule has 0 saturated carbocycles. The first-order valence-electron chi connectivity index (χ1n) is 9.01. The number of benzene rings is 1. The maximum atomic E-state index is 12.8. The molecule has 5 nitrogen and oxygen atoms in total. The van der Waals surface area contributed by atoms with Crippen molar-refractivity contribution in [1.29, 1.82) is 0 Å². The quantitative estimate of drug-likeness (QED) is 0.811. The van der Waals surface area contributed by atoms with Crippen LogP contribution in [0.4, 0.5) is 0 Å². The summed E-state index contributed by atoms with van der Waals surface area (Å²) in [7, 11) is 1.47. The van der Waals surface area contributed by atoms with Crippen LogP contribution in [0.5, 0.6) is 0 Å². The smallest absolute Gasteiger partial charge is 0.230 e. The van der Waals surface area contributed by atoms with E-state index in [-0.39, 0.29) is 11.8 Å². The molecule has 1 aromatic rings. The topological polar surface area (TPSA) is 53.0 Å². The minimum absolute atomic E-state index is 0.0499. The first-order valence-corrected chi connectivity index (χ1v) is 9.01. The van der Waals surface area contributed by atoms with Crippen molar-refractivity contribution in [3.05, 3.63) is 35.4 Å². The average Bonchev–Trinajstić information content (AvgIpc) is 3.14. The summed E-state index contributed by atoms with van der Waals surface area (Å²) in [4.78, 5) is 17.3. The average molecular weight is 332 g/mol. The lowest BCUT2D eigenvalue weighted by Crippen LogP contribution is -2.43. The highest BCUT2D eigenvalue weighted by molar-refractivity contribution is 5.84. The molecule has 0 bridgehead atoms. The fourth-order valence-corrected chi connectivity index (χ4v) is 3.77. The van der Waals surface area contributed by atoms with Gasteiger partial charge in [0.25, 0.3) is 0 Å². The molecule has 0 aliphatic carbocycles.